The van der Waals surface area contributed by atoms with Crippen molar-refractivity contribution in [2.75, 3.05) is 26.2 Å². The number of benzene rings is 2. The minimum absolute atomic E-state index is 0.0872. The van der Waals surface area contributed by atoms with Crippen LogP contribution in [0.25, 0.3) is 10.9 Å². The van der Waals surface area contributed by atoms with Crippen molar-refractivity contribution in [2.24, 2.45) is 0 Å². The summed E-state index contributed by atoms with van der Waals surface area (Å²) in [5.41, 5.74) is 3.05. The molecule has 1 aliphatic rings. The Kier molecular flexibility index (Phi) is 8.16. The molecule has 1 N–H and O–H groups in total. The summed E-state index contributed by atoms with van der Waals surface area (Å²) in [7, 11) is 0. The lowest BCUT2D eigenvalue weighted by Crippen LogP contribution is -2.36. The number of nitrogens with one attached hydrogen (secondary N) is 1. The predicted octanol–water partition coefficient (Wildman–Crippen LogP) is 4.99. The average Bonchev–Trinajstić information content (AvgIpc) is 3.44. The Morgan fingerprint density at radius 2 is 1.75 bits per heavy atom. The largest absolute Gasteiger partial charge is 0.493 e. The number of ether oxygens (including phenoxy) is 1. The SMILES string of the molecule is O=c1c(CNCc2ccco2)cc2ccc(CCOc3ccccc3)cc2n1CCN1CCCCC1. The van der Waals surface area contributed by atoms with Gasteiger partial charge in [-0.15, -0.1) is 0 Å². The van der Waals surface area contributed by atoms with Crippen LogP contribution in [0.1, 0.15) is 36.1 Å². The lowest BCUT2D eigenvalue weighted by molar-refractivity contribution is 0.221. The zero-order valence-electron chi connectivity index (χ0n) is 20.8. The summed E-state index contributed by atoms with van der Waals surface area (Å²) in [5, 5.41) is 4.46. The maximum Gasteiger partial charge on any atom is 0.255 e. The smallest absolute Gasteiger partial charge is 0.255 e. The molecule has 1 fully saturated rings. The van der Waals surface area contributed by atoms with Crippen LogP contribution in [-0.4, -0.2) is 35.7 Å². The van der Waals surface area contributed by atoms with Gasteiger partial charge in [-0.2, -0.15) is 0 Å². The van der Waals surface area contributed by atoms with Crippen molar-refractivity contribution in [3.8, 4) is 5.75 Å². The molecule has 2 aromatic heterocycles. The molecule has 0 amide bonds. The fourth-order valence-electron chi connectivity index (χ4n) is 4.94. The zero-order valence-corrected chi connectivity index (χ0v) is 20.8. The number of hydrogen-bond donors (Lipinski definition) is 1. The summed E-state index contributed by atoms with van der Waals surface area (Å²) in [6, 6.07) is 22.2. The third kappa shape index (κ3) is 6.25. The first-order valence-electron chi connectivity index (χ1n) is 13.0. The highest BCUT2D eigenvalue weighted by Crippen LogP contribution is 2.18. The minimum atomic E-state index is 0.0872. The zero-order chi connectivity index (χ0) is 24.6. The van der Waals surface area contributed by atoms with Gasteiger partial charge in [0.1, 0.15) is 11.5 Å². The van der Waals surface area contributed by atoms with Crippen LogP contribution in [0.2, 0.25) is 0 Å². The molecule has 5 rings (SSSR count). The number of rotatable bonds is 11. The van der Waals surface area contributed by atoms with Gasteiger partial charge in [0, 0.05) is 31.6 Å². The number of piperidine rings is 1. The van der Waals surface area contributed by atoms with Crippen LogP contribution in [-0.2, 0) is 26.1 Å². The van der Waals surface area contributed by atoms with Crippen molar-refractivity contribution in [3.05, 3.63) is 100 Å². The fraction of sp³-hybridized carbons (Fsp3) is 0.367. The highest BCUT2D eigenvalue weighted by atomic mass is 16.5. The molecule has 1 aliphatic heterocycles. The highest BCUT2D eigenvalue weighted by Gasteiger charge is 2.14. The van der Waals surface area contributed by atoms with Crippen molar-refractivity contribution < 1.29 is 9.15 Å². The van der Waals surface area contributed by atoms with E-state index in [1.807, 2.05) is 53.1 Å². The monoisotopic (exact) mass is 485 g/mol. The number of pyridine rings is 1. The summed E-state index contributed by atoms with van der Waals surface area (Å²) in [6.07, 6.45) is 6.27. The standard InChI is InChI=1S/C30H35N3O3/c34-30-26(22-31-23-28-10-7-18-35-28)21-25-12-11-24(13-19-36-27-8-3-1-4-9-27)20-29(25)33(30)17-16-32-14-5-2-6-15-32/h1,3-4,7-12,18,20-21,31H,2,5-6,13-17,19,22-23H2. The first-order chi connectivity index (χ1) is 17.8. The summed E-state index contributed by atoms with van der Waals surface area (Å²) < 4.78 is 13.3. The Morgan fingerprint density at radius 3 is 2.56 bits per heavy atom. The summed E-state index contributed by atoms with van der Waals surface area (Å²) in [6.45, 7) is 5.55. The Morgan fingerprint density at radius 1 is 0.889 bits per heavy atom. The number of aromatic nitrogens is 1. The van der Waals surface area contributed by atoms with E-state index in [1.165, 1.54) is 24.8 Å². The molecule has 0 unspecified atom stereocenters. The van der Waals surface area contributed by atoms with Crippen LogP contribution in [0.3, 0.4) is 0 Å². The molecule has 0 bridgehead atoms. The van der Waals surface area contributed by atoms with Crippen molar-refractivity contribution in [1.29, 1.82) is 0 Å². The molecule has 4 aromatic rings. The van der Waals surface area contributed by atoms with Gasteiger partial charge in [-0.3, -0.25) is 4.79 Å². The first-order valence-corrected chi connectivity index (χ1v) is 13.0. The van der Waals surface area contributed by atoms with Crippen molar-refractivity contribution in [2.45, 2.75) is 45.3 Å². The molecule has 6 nitrogen and oxygen atoms in total. The number of nitrogens with zero attached hydrogens (tertiary/aromatic N) is 2. The second-order valence-electron chi connectivity index (χ2n) is 9.52. The first kappa shape index (κ1) is 24.3. The van der Waals surface area contributed by atoms with E-state index >= 15 is 0 Å². The summed E-state index contributed by atoms with van der Waals surface area (Å²) in [5.74, 6) is 1.74. The molecule has 0 saturated carbocycles. The second-order valence-corrected chi connectivity index (χ2v) is 9.52. The van der Waals surface area contributed by atoms with Gasteiger partial charge < -0.3 is 23.9 Å². The van der Waals surface area contributed by atoms with Gasteiger partial charge in [0.25, 0.3) is 5.56 Å². The summed E-state index contributed by atoms with van der Waals surface area (Å²) in [4.78, 5) is 16.1. The second kappa shape index (κ2) is 12.1. The van der Waals surface area contributed by atoms with Crippen molar-refractivity contribution in [3.63, 3.8) is 0 Å². The van der Waals surface area contributed by atoms with Crippen LogP contribution in [0.15, 0.2) is 82.2 Å². The maximum absolute atomic E-state index is 13.6. The van der Waals surface area contributed by atoms with Crippen molar-refractivity contribution >= 4 is 10.9 Å². The molecular weight excluding hydrogens is 450 g/mol. The molecule has 0 atom stereocenters. The molecule has 188 valence electrons. The number of fused-ring (bicyclic) bond motifs is 1. The molecule has 1 saturated heterocycles. The van der Waals surface area contributed by atoms with Gasteiger partial charge in [-0.25, -0.2) is 0 Å². The van der Waals surface area contributed by atoms with Crippen LogP contribution in [0, 0.1) is 0 Å². The third-order valence-electron chi connectivity index (χ3n) is 6.92. The molecule has 0 aliphatic carbocycles. The van der Waals surface area contributed by atoms with Gasteiger partial charge in [-0.05, 0) is 73.3 Å². The number of likely N-dealkylation sites (tertiary alicyclic amines) is 1. The van der Waals surface area contributed by atoms with E-state index in [2.05, 4.69) is 28.4 Å². The lowest BCUT2D eigenvalue weighted by Gasteiger charge is -2.27. The van der Waals surface area contributed by atoms with E-state index in [4.69, 9.17) is 9.15 Å². The lowest BCUT2D eigenvalue weighted by atomic mass is 10.1. The molecular formula is C30H35N3O3. The Balaban J connectivity index is 1.35. The molecule has 36 heavy (non-hydrogen) atoms. The van der Waals surface area contributed by atoms with Gasteiger partial charge in [0.05, 0.1) is 24.9 Å². The molecule has 2 aromatic carbocycles. The van der Waals surface area contributed by atoms with E-state index in [0.29, 0.717) is 26.2 Å². The molecule has 3 heterocycles. The maximum atomic E-state index is 13.6. The molecule has 6 heteroatoms. The topological polar surface area (TPSA) is 59.6 Å². The van der Waals surface area contributed by atoms with E-state index in [0.717, 1.165) is 54.0 Å². The van der Waals surface area contributed by atoms with E-state index in [1.54, 1.807) is 6.26 Å². The number of hydrogen-bond acceptors (Lipinski definition) is 5. The number of furan rings is 1. The predicted molar refractivity (Wildman–Crippen MR) is 143 cm³/mol. The highest BCUT2D eigenvalue weighted by molar-refractivity contribution is 5.80. The molecule has 0 radical (unpaired) electrons. The van der Waals surface area contributed by atoms with Crippen LogP contribution < -0.4 is 15.6 Å². The Labute approximate surface area is 212 Å². The van der Waals surface area contributed by atoms with E-state index in [-0.39, 0.29) is 5.56 Å². The third-order valence-corrected chi connectivity index (χ3v) is 6.92. The average molecular weight is 486 g/mol. The normalized spacial score (nSPS) is 14.3. The van der Waals surface area contributed by atoms with Crippen LogP contribution in [0.4, 0.5) is 0 Å². The number of para-hydroxylation sites is 1. The van der Waals surface area contributed by atoms with E-state index in [9.17, 15) is 4.79 Å². The Hall–Kier alpha value is -3.35. The van der Waals surface area contributed by atoms with Gasteiger partial charge in [-0.1, -0.05) is 36.8 Å². The minimum Gasteiger partial charge on any atom is -0.493 e. The van der Waals surface area contributed by atoms with Gasteiger partial charge in [0.2, 0.25) is 0 Å². The van der Waals surface area contributed by atoms with Gasteiger partial charge in [0.15, 0.2) is 0 Å². The fourth-order valence-corrected chi connectivity index (χ4v) is 4.94. The quantitative estimate of drug-likeness (QED) is 0.324. The summed E-state index contributed by atoms with van der Waals surface area (Å²) >= 11 is 0. The van der Waals surface area contributed by atoms with Gasteiger partial charge >= 0.3 is 0 Å². The van der Waals surface area contributed by atoms with E-state index < -0.39 is 0 Å². The van der Waals surface area contributed by atoms with Crippen molar-refractivity contribution in [1.82, 2.24) is 14.8 Å². The van der Waals surface area contributed by atoms with Crippen LogP contribution >= 0.6 is 0 Å². The Bertz CT molecular complexity index is 1290. The molecule has 0 spiro atoms. The van der Waals surface area contributed by atoms with Crippen LogP contribution in [0.5, 0.6) is 5.75 Å².